The van der Waals surface area contributed by atoms with Crippen molar-refractivity contribution in [1.29, 1.82) is 0 Å². The van der Waals surface area contributed by atoms with E-state index in [1.807, 2.05) is 55.1 Å². The van der Waals surface area contributed by atoms with Gasteiger partial charge in [0.15, 0.2) is 0 Å². The third-order valence-electron chi connectivity index (χ3n) is 4.75. The Morgan fingerprint density at radius 3 is 2.36 bits per heavy atom. The van der Waals surface area contributed by atoms with Crippen molar-refractivity contribution in [3.05, 3.63) is 57.5 Å². The predicted molar refractivity (Wildman–Crippen MR) is 117 cm³/mol. The first-order chi connectivity index (χ1) is 13.4. The lowest BCUT2D eigenvalue weighted by atomic mass is 10.1. The molecule has 3 rings (SSSR count). The van der Waals surface area contributed by atoms with Crippen LogP contribution in [0.15, 0.2) is 46.9 Å². The highest BCUT2D eigenvalue weighted by atomic mass is 79.9. The lowest BCUT2D eigenvalue weighted by Gasteiger charge is -2.38. The summed E-state index contributed by atoms with van der Waals surface area (Å²) in [6, 6.07) is 12.8. The molecule has 28 heavy (non-hydrogen) atoms. The number of hydrogen-bond acceptors (Lipinski definition) is 3. The Bertz CT molecular complexity index is 880. The smallest absolute Gasteiger partial charge is 0.256 e. The summed E-state index contributed by atoms with van der Waals surface area (Å²) in [7, 11) is 0. The van der Waals surface area contributed by atoms with Gasteiger partial charge in [-0.15, -0.1) is 0 Å². The molecular weight excluding hydrogens is 442 g/mol. The van der Waals surface area contributed by atoms with E-state index in [1.165, 1.54) is 0 Å². The molecule has 1 N–H and O–H groups in total. The molecule has 0 aromatic heterocycles. The van der Waals surface area contributed by atoms with Gasteiger partial charge >= 0.3 is 0 Å². The highest BCUT2D eigenvalue weighted by molar-refractivity contribution is 9.10. The molecule has 2 aromatic carbocycles. The number of nitrogens with zero attached hydrogens (tertiary/aromatic N) is 2. The van der Waals surface area contributed by atoms with E-state index < -0.39 is 0 Å². The van der Waals surface area contributed by atoms with Crippen LogP contribution in [0.5, 0.6) is 0 Å². The molecule has 0 aliphatic carbocycles. The van der Waals surface area contributed by atoms with E-state index in [9.17, 15) is 9.59 Å². The minimum atomic E-state index is -0.204. The number of para-hydroxylation sites is 1. The summed E-state index contributed by atoms with van der Waals surface area (Å²) < 4.78 is 0.733. The highest BCUT2D eigenvalue weighted by Gasteiger charge is 2.26. The molecule has 0 bridgehead atoms. The number of piperazine rings is 1. The number of carbonyl (C=O) groups is 2. The summed E-state index contributed by atoms with van der Waals surface area (Å²) in [5.74, 6) is -0.0445. The van der Waals surface area contributed by atoms with Crippen molar-refractivity contribution in [2.24, 2.45) is 5.92 Å². The van der Waals surface area contributed by atoms with Crippen molar-refractivity contribution in [3.63, 3.8) is 0 Å². The second-order valence-electron chi connectivity index (χ2n) is 7.04. The van der Waals surface area contributed by atoms with E-state index >= 15 is 0 Å². The third-order valence-corrected chi connectivity index (χ3v) is 5.75. The number of carbonyl (C=O) groups excluding carboxylic acids is 2. The average molecular weight is 465 g/mol. The van der Waals surface area contributed by atoms with Gasteiger partial charge in [-0.2, -0.15) is 0 Å². The number of hydrogen-bond donors (Lipinski definition) is 1. The van der Waals surface area contributed by atoms with Gasteiger partial charge in [-0.1, -0.05) is 43.6 Å². The summed E-state index contributed by atoms with van der Waals surface area (Å²) in [4.78, 5) is 29.0. The van der Waals surface area contributed by atoms with E-state index in [4.69, 9.17) is 11.6 Å². The minimum absolute atomic E-state index is 0.00830. The van der Waals surface area contributed by atoms with Crippen molar-refractivity contribution >= 4 is 50.7 Å². The van der Waals surface area contributed by atoms with Crippen LogP contribution in [0.2, 0.25) is 5.02 Å². The molecule has 5 nitrogen and oxygen atoms in total. The zero-order valence-corrected chi connectivity index (χ0v) is 18.3. The largest absolute Gasteiger partial charge is 0.365 e. The number of amides is 2. The van der Waals surface area contributed by atoms with Crippen molar-refractivity contribution in [2.75, 3.05) is 36.4 Å². The van der Waals surface area contributed by atoms with Gasteiger partial charge in [-0.3, -0.25) is 9.59 Å². The Labute approximate surface area is 178 Å². The molecule has 2 amide bonds. The normalized spacial score (nSPS) is 14.3. The van der Waals surface area contributed by atoms with Gasteiger partial charge < -0.3 is 15.1 Å². The van der Waals surface area contributed by atoms with Gasteiger partial charge in [-0.25, -0.2) is 0 Å². The van der Waals surface area contributed by atoms with Gasteiger partial charge in [0.05, 0.1) is 22.0 Å². The van der Waals surface area contributed by atoms with Crippen LogP contribution in [-0.2, 0) is 4.79 Å². The lowest BCUT2D eigenvalue weighted by Crippen LogP contribution is -2.50. The molecule has 1 aliphatic heterocycles. The summed E-state index contributed by atoms with van der Waals surface area (Å²) in [5, 5.41) is 3.56. The zero-order chi connectivity index (χ0) is 20.3. The minimum Gasteiger partial charge on any atom is -0.365 e. The quantitative estimate of drug-likeness (QED) is 0.716. The predicted octanol–water partition coefficient (Wildman–Crippen LogP) is 4.66. The molecule has 0 saturated carbocycles. The molecule has 0 spiro atoms. The lowest BCUT2D eigenvalue weighted by molar-refractivity contribution is -0.134. The van der Waals surface area contributed by atoms with Crippen LogP contribution in [0.3, 0.4) is 0 Å². The Hall–Kier alpha value is -2.05. The van der Waals surface area contributed by atoms with Gasteiger partial charge in [0.1, 0.15) is 0 Å². The van der Waals surface area contributed by atoms with E-state index in [0.29, 0.717) is 42.5 Å². The molecule has 7 heteroatoms. The SMILES string of the molecule is CC(C)C(=O)N1CCN(c2c(Cl)cccc2NC(=O)c2ccccc2Br)CC1. The van der Waals surface area contributed by atoms with Crippen LogP contribution >= 0.6 is 27.5 Å². The van der Waals surface area contributed by atoms with Crippen molar-refractivity contribution in [2.45, 2.75) is 13.8 Å². The van der Waals surface area contributed by atoms with E-state index in [0.717, 1.165) is 10.2 Å². The molecule has 1 aliphatic rings. The van der Waals surface area contributed by atoms with E-state index in [-0.39, 0.29) is 17.7 Å². The molecule has 1 saturated heterocycles. The highest BCUT2D eigenvalue weighted by Crippen LogP contribution is 2.35. The standard InChI is InChI=1S/C21H23BrClN3O2/c1-14(2)21(28)26-12-10-25(11-13-26)19-17(23)8-5-9-18(19)24-20(27)15-6-3-4-7-16(15)22/h3-9,14H,10-13H2,1-2H3,(H,24,27). The van der Waals surface area contributed by atoms with Crippen LogP contribution in [0.4, 0.5) is 11.4 Å². The average Bonchev–Trinajstić information content (AvgIpc) is 2.68. The number of rotatable bonds is 4. The molecule has 2 aromatic rings. The second kappa shape index (κ2) is 8.97. The Balaban J connectivity index is 1.79. The third kappa shape index (κ3) is 4.50. The first-order valence-electron chi connectivity index (χ1n) is 9.26. The number of nitrogens with one attached hydrogen (secondary N) is 1. The molecule has 0 atom stereocenters. The monoisotopic (exact) mass is 463 g/mol. The van der Waals surface area contributed by atoms with E-state index in [2.05, 4.69) is 26.1 Å². The maximum absolute atomic E-state index is 12.7. The Morgan fingerprint density at radius 2 is 1.71 bits per heavy atom. The van der Waals surface area contributed by atoms with Crippen LogP contribution in [0, 0.1) is 5.92 Å². The number of halogens is 2. The second-order valence-corrected chi connectivity index (χ2v) is 8.30. The number of anilines is 2. The van der Waals surface area contributed by atoms with Gasteiger partial charge in [-0.05, 0) is 40.2 Å². The van der Waals surface area contributed by atoms with Crippen molar-refractivity contribution < 1.29 is 9.59 Å². The van der Waals surface area contributed by atoms with E-state index in [1.54, 1.807) is 6.07 Å². The molecular formula is C21H23BrClN3O2. The van der Waals surface area contributed by atoms with Crippen LogP contribution in [0.25, 0.3) is 0 Å². The first kappa shape index (κ1) is 20.7. The molecule has 1 heterocycles. The van der Waals surface area contributed by atoms with Crippen LogP contribution in [-0.4, -0.2) is 42.9 Å². The summed E-state index contributed by atoms with van der Waals surface area (Å²) >= 11 is 9.91. The molecule has 1 fully saturated rings. The molecule has 0 radical (unpaired) electrons. The maximum atomic E-state index is 12.7. The summed E-state index contributed by atoms with van der Waals surface area (Å²) in [6.07, 6.45) is 0. The zero-order valence-electron chi connectivity index (χ0n) is 15.9. The van der Waals surface area contributed by atoms with Crippen LogP contribution < -0.4 is 10.2 Å². The topological polar surface area (TPSA) is 52.7 Å². The Kier molecular flexibility index (Phi) is 6.62. The fourth-order valence-electron chi connectivity index (χ4n) is 3.29. The first-order valence-corrected chi connectivity index (χ1v) is 10.4. The summed E-state index contributed by atoms with van der Waals surface area (Å²) in [5.41, 5.74) is 2.01. The number of benzene rings is 2. The molecule has 0 unspecified atom stereocenters. The fraction of sp³-hybridized carbons (Fsp3) is 0.333. The van der Waals surface area contributed by atoms with Gasteiger partial charge in [0.2, 0.25) is 5.91 Å². The van der Waals surface area contributed by atoms with Gasteiger partial charge in [0, 0.05) is 36.6 Å². The maximum Gasteiger partial charge on any atom is 0.256 e. The van der Waals surface area contributed by atoms with Crippen LogP contribution in [0.1, 0.15) is 24.2 Å². The fourth-order valence-corrected chi connectivity index (χ4v) is 4.05. The molecule has 148 valence electrons. The Morgan fingerprint density at radius 1 is 1.04 bits per heavy atom. The van der Waals surface area contributed by atoms with Crippen molar-refractivity contribution in [3.8, 4) is 0 Å². The van der Waals surface area contributed by atoms with Gasteiger partial charge in [0.25, 0.3) is 5.91 Å². The van der Waals surface area contributed by atoms with Crippen molar-refractivity contribution in [1.82, 2.24) is 4.90 Å². The summed E-state index contributed by atoms with van der Waals surface area (Å²) in [6.45, 7) is 6.44.